The maximum absolute atomic E-state index is 13.1. The molecule has 34 heavy (non-hydrogen) atoms. The van der Waals surface area contributed by atoms with Gasteiger partial charge < -0.3 is 5.32 Å². The third kappa shape index (κ3) is 6.29. The third-order valence-corrected chi connectivity index (χ3v) is 6.47. The van der Waals surface area contributed by atoms with E-state index in [1.54, 1.807) is 24.0 Å². The molecule has 0 amide bonds. The van der Waals surface area contributed by atoms with E-state index in [9.17, 15) is 13.2 Å². The molecule has 0 spiro atoms. The minimum atomic E-state index is -4.50. The monoisotopic (exact) mass is 483 g/mol. The summed E-state index contributed by atoms with van der Waals surface area (Å²) in [6.45, 7) is 14.0. The van der Waals surface area contributed by atoms with Crippen LogP contribution in [0.3, 0.4) is 0 Å². The van der Waals surface area contributed by atoms with Crippen molar-refractivity contribution < 1.29 is 13.2 Å². The van der Waals surface area contributed by atoms with Crippen molar-refractivity contribution in [3.63, 3.8) is 0 Å². The van der Waals surface area contributed by atoms with E-state index in [1.165, 1.54) is 11.1 Å². The molecule has 0 aliphatic carbocycles. The van der Waals surface area contributed by atoms with Gasteiger partial charge in [0.05, 0.1) is 17.6 Å². The molecule has 2 aromatic heterocycles. The van der Waals surface area contributed by atoms with Gasteiger partial charge in [0.1, 0.15) is 5.69 Å². The third-order valence-electron chi connectivity index (χ3n) is 5.57. The van der Waals surface area contributed by atoms with Gasteiger partial charge in [-0.05, 0) is 58.9 Å². The Morgan fingerprint density at radius 2 is 1.71 bits per heavy atom. The molecular formula is C27H28F3N3S. The van der Waals surface area contributed by atoms with Gasteiger partial charge in [0.2, 0.25) is 0 Å². The van der Waals surface area contributed by atoms with Crippen LogP contribution in [0.2, 0.25) is 0 Å². The minimum absolute atomic E-state index is 0.473. The number of thioether (sulfide) groups is 1. The number of allylic oxidation sites excluding steroid dienone is 2. The average Bonchev–Trinajstić information content (AvgIpc) is 2.80. The highest BCUT2D eigenvalue weighted by Crippen LogP contribution is 2.38. The number of nitrogens with zero attached hydrogens (tertiary/aromatic N) is 2. The molecule has 0 unspecified atom stereocenters. The van der Waals surface area contributed by atoms with Crippen LogP contribution in [-0.2, 0) is 18.0 Å². The summed E-state index contributed by atoms with van der Waals surface area (Å²) in [5.41, 5.74) is 2.78. The molecule has 1 N–H and O–H groups in total. The number of halogens is 3. The number of hydrogen-bond donors (Lipinski definition) is 1. The summed E-state index contributed by atoms with van der Waals surface area (Å²) in [6, 6.07) is 14.7. The van der Waals surface area contributed by atoms with E-state index >= 15 is 0 Å². The Balaban J connectivity index is 1.67. The molecule has 2 heterocycles. The van der Waals surface area contributed by atoms with E-state index in [1.807, 2.05) is 26.0 Å². The van der Waals surface area contributed by atoms with Crippen LogP contribution in [0.15, 0.2) is 84.7 Å². The normalized spacial score (nSPS) is 11.8. The zero-order valence-corrected chi connectivity index (χ0v) is 20.4. The van der Waals surface area contributed by atoms with Gasteiger partial charge in [-0.15, -0.1) is 11.8 Å². The van der Waals surface area contributed by atoms with Crippen molar-refractivity contribution in [2.24, 2.45) is 0 Å². The van der Waals surface area contributed by atoms with Gasteiger partial charge >= 0.3 is 6.18 Å². The van der Waals surface area contributed by atoms with Crippen LogP contribution in [0.1, 0.15) is 43.3 Å². The molecule has 0 aliphatic rings. The van der Waals surface area contributed by atoms with E-state index in [-0.39, 0.29) is 0 Å². The highest BCUT2D eigenvalue weighted by atomic mass is 32.2. The second kappa shape index (κ2) is 10.5. The van der Waals surface area contributed by atoms with Crippen LogP contribution in [0.4, 0.5) is 18.9 Å². The lowest BCUT2D eigenvalue weighted by atomic mass is 9.77. The molecule has 1 aromatic carbocycles. The molecule has 178 valence electrons. The Bertz CT molecular complexity index is 1150. The van der Waals surface area contributed by atoms with Crippen LogP contribution in [0.25, 0.3) is 5.57 Å². The molecule has 3 nitrogen and oxygen atoms in total. The first-order chi connectivity index (χ1) is 16.0. The molecule has 0 atom stereocenters. The molecule has 0 bridgehead atoms. The highest BCUT2D eigenvalue weighted by Gasteiger charge is 2.35. The highest BCUT2D eigenvalue weighted by molar-refractivity contribution is 7.99. The van der Waals surface area contributed by atoms with Gasteiger partial charge in [-0.25, -0.2) is 0 Å². The molecule has 3 rings (SSSR count). The minimum Gasteiger partial charge on any atom is -0.358 e. The molecular weight excluding hydrogens is 455 g/mol. The van der Waals surface area contributed by atoms with Crippen LogP contribution >= 0.6 is 11.8 Å². The second-order valence-corrected chi connectivity index (χ2v) is 9.78. The topological polar surface area (TPSA) is 37.8 Å². The van der Waals surface area contributed by atoms with Crippen LogP contribution in [-0.4, -0.2) is 15.7 Å². The van der Waals surface area contributed by atoms with Crippen molar-refractivity contribution in [2.45, 2.75) is 43.7 Å². The van der Waals surface area contributed by atoms with Crippen molar-refractivity contribution in [2.75, 3.05) is 11.1 Å². The van der Waals surface area contributed by atoms with Gasteiger partial charge in [0.25, 0.3) is 0 Å². The van der Waals surface area contributed by atoms with E-state index in [2.05, 4.69) is 59.6 Å². The lowest BCUT2D eigenvalue weighted by Gasteiger charge is -2.28. The summed E-state index contributed by atoms with van der Waals surface area (Å²) in [6.07, 6.45) is -0.966. The molecule has 0 aliphatic heterocycles. The Morgan fingerprint density at radius 3 is 2.29 bits per heavy atom. The quantitative estimate of drug-likeness (QED) is 0.316. The fourth-order valence-electron chi connectivity index (χ4n) is 3.48. The Labute approximate surface area is 203 Å². The number of pyridine rings is 2. The van der Waals surface area contributed by atoms with Crippen molar-refractivity contribution in [3.05, 3.63) is 102 Å². The summed E-state index contributed by atoms with van der Waals surface area (Å²) in [7, 11) is 0. The summed E-state index contributed by atoms with van der Waals surface area (Å²) >= 11 is 1.80. The number of rotatable bonds is 9. The smallest absolute Gasteiger partial charge is 0.358 e. The van der Waals surface area contributed by atoms with Crippen LogP contribution < -0.4 is 5.32 Å². The SMILES string of the molecule is C=C(Cc1ccc(SCC)cc1)Nc1ccc(C(=C)C(C)(C)c2ccnc(C(F)(F)F)c2)nc1. The molecule has 0 saturated heterocycles. The zero-order chi connectivity index (χ0) is 24.9. The second-order valence-electron chi connectivity index (χ2n) is 8.45. The van der Waals surface area contributed by atoms with Gasteiger partial charge in [0, 0.05) is 28.6 Å². The van der Waals surface area contributed by atoms with Crippen molar-refractivity contribution in [1.29, 1.82) is 0 Å². The lowest BCUT2D eigenvalue weighted by molar-refractivity contribution is -0.141. The average molecular weight is 484 g/mol. The molecule has 0 saturated carbocycles. The first kappa shape index (κ1) is 25.6. The van der Waals surface area contributed by atoms with Crippen molar-refractivity contribution in [1.82, 2.24) is 9.97 Å². The van der Waals surface area contributed by atoms with E-state index in [0.29, 0.717) is 23.3 Å². The number of benzene rings is 1. The Hall–Kier alpha value is -3.06. The Kier molecular flexibility index (Phi) is 7.87. The molecule has 0 fully saturated rings. The molecule has 7 heteroatoms. The fourth-order valence-corrected chi connectivity index (χ4v) is 4.14. The number of alkyl halides is 3. The summed E-state index contributed by atoms with van der Waals surface area (Å²) in [4.78, 5) is 9.18. The summed E-state index contributed by atoms with van der Waals surface area (Å²) in [5.74, 6) is 1.04. The van der Waals surface area contributed by atoms with Crippen molar-refractivity contribution >= 4 is 23.0 Å². The largest absolute Gasteiger partial charge is 0.433 e. The van der Waals surface area contributed by atoms with E-state index < -0.39 is 17.3 Å². The van der Waals surface area contributed by atoms with E-state index in [4.69, 9.17) is 0 Å². The van der Waals surface area contributed by atoms with Gasteiger partial charge in [-0.2, -0.15) is 13.2 Å². The number of nitrogens with one attached hydrogen (secondary N) is 1. The number of anilines is 1. The number of hydrogen-bond acceptors (Lipinski definition) is 4. The zero-order valence-electron chi connectivity index (χ0n) is 19.5. The van der Waals surface area contributed by atoms with E-state index in [0.717, 1.165) is 28.8 Å². The number of aromatic nitrogens is 2. The molecule has 3 aromatic rings. The fraction of sp³-hybridized carbons (Fsp3) is 0.259. The van der Waals surface area contributed by atoms with Crippen LogP contribution in [0, 0.1) is 0 Å². The first-order valence-electron chi connectivity index (χ1n) is 10.9. The molecule has 0 radical (unpaired) electrons. The van der Waals surface area contributed by atoms with Gasteiger partial charge in [-0.1, -0.05) is 46.1 Å². The maximum atomic E-state index is 13.1. The predicted molar refractivity (Wildman–Crippen MR) is 135 cm³/mol. The van der Waals surface area contributed by atoms with Gasteiger partial charge in [-0.3, -0.25) is 9.97 Å². The first-order valence-corrected chi connectivity index (χ1v) is 11.9. The maximum Gasteiger partial charge on any atom is 0.433 e. The summed E-state index contributed by atoms with van der Waals surface area (Å²) in [5, 5.41) is 3.27. The standard InChI is InChI=1S/C27H28F3N3S/c1-6-34-23-10-7-20(8-11-23)15-18(2)33-22-9-12-24(32-17-22)19(3)26(4,5)21-13-14-31-25(16-21)27(28,29)30/h7-14,16-17,33H,2-3,6,15H2,1,4-5H3. The van der Waals surface area contributed by atoms with Gasteiger partial charge in [0.15, 0.2) is 0 Å². The lowest BCUT2D eigenvalue weighted by Crippen LogP contribution is -2.21. The Morgan fingerprint density at radius 1 is 1.00 bits per heavy atom. The summed E-state index contributed by atoms with van der Waals surface area (Å²) < 4.78 is 39.3. The predicted octanol–water partition coefficient (Wildman–Crippen LogP) is 7.77. The van der Waals surface area contributed by atoms with Crippen molar-refractivity contribution in [3.8, 4) is 0 Å². The van der Waals surface area contributed by atoms with Crippen LogP contribution in [0.5, 0.6) is 0 Å².